The summed E-state index contributed by atoms with van der Waals surface area (Å²) >= 11 is 0. The Morgan fingerprint density at radius 3 is 2.30 bits per heavy atom. The molecule has 0 bridgehead atoms. The zero-order chi connectivity index (χ0) is 30.2. The standard InChI is InChI=1S/C25H32F5N5O5/c1-11(40-20(26)27)14(33-19(39)25(28,29)30)18(38)35-10-23-9-24(23,22(23,4)5)15(35)17(37)32-13(8-31)6-12-7-21(2,3)34-16(12)36/h11-15,20H,6-7,9-10H2,1-5H3,(H,32,37)(H,33,39)(H,34,36)/t11-,12-,13+,14+,15-,23?,24?/m1/s1. The fraction of sp³-hybridized carbons (Fsp3) is 0.800. The number of nitrogens with one attached hydrogen (secondary N) is 3. The number of piperidine rings is 2. The molecule has 10 nitrogen and oxygen atoms in total. The molecule has 2 heterocycles. The molecule has 4 fully saturated rings. The van der Waals surface area contributed by atoms with Crippen LogP contribution in [-0.2, 0) is 23.9 Å². The smallest absolute Gasteiger partial charge is 0.351 e. The van der Waals surface area contributed by atoms with Crippen molar-refractivity contribution in [2.75, 3.05) is 6.54 Å². The minimum Gasteiger partial charge on any atom is -0.351 e. The molecule has 15 heteroatoms. The number of rotatable bonds is 9. The second-order valence-corrected chi connectivity index (χ2v) is 12.5. The highest BCUT2D eigenvalue weighted by Gasteiger charge is 3.02. The van der Waals surface area contributed by atoms with E-state index in [0.717, 1.165) is 11.8 Å². The molecular weight excluding hydrogens is 545 g/mol. The Bertz CT molecular complexity index is 1170. The first-order valence-electron chi connectivity index (χ1n) is 12.9. The number of nitrogens with zero attached hydrogens (tertiary/aromatic N) is 2. The summed E-state index contributed by atoms with van der Waals surface area (Å²) in [4.78, 5) is 52.2. The van der Waals surface area contributed by atoms with Gasteiger partial charge in [-0.2, -0.15) is 27.2 Å². The van der Waals surface area contributed by atoms with Gasteiger partial charge in [0.15, 0.2) is 0 Å². The largest absolute Gasteiger partial charge is 0.471 e. The zero-order valence-electron chi connectivity index (χ0n) is 22.6. The lowest BCUT2D eigenvalue weighted by molar-refractivity contribution is -0.186. The average molecular weight is 578 g/mol. The van der Waals surface area contributed by atoms with Crippen molar-refractivity contribution in [2.45, 2.75) is 96.4 Å². The van der Waals surface area contributed by atoms with Crippen LogP contribution in [0, 0.1) is 33.5 Å². The molecular formula is C25H32F5N5O5. The maximum Gasteiger partial charge on any atom is 0.471 e. The Morgan fingerprint density at radius 2 is 1.82 bits per heavy atom. The molecule has 2 aliphatic carbocycles. The Morgan fingerprint density at radius 1 is 1.20 bits per heavy atom. The molecule has 4 amide bonds. The molecule has 7 atom stereocenters. The Hall–Kier alpha value is -3.02. The third-order valence-electron chi connectivity index (χ3n) is 9.49. The van der Waals surface area contributed by atoms with Crippen molar-refractivity contribution < 1.29 is 45.9 Å². The highest BCUT2D eigenvalue weighted by atomic mass is 19.4. The number of alkyl halides is 5. The molecule has 3 N–H and O–H groups in total. The van der Waals surface area contributed by atoms with Crippen LogP contribution in [0.3, 0.4) is 0 Å². The number of amides is 4. The van der Waals surface area contributed by atoms with Crippen molar-refractivity contribution in [1.29, 1.82) is 5.26 Å². The van der Waals surface area contributed by atoms with Crippen molar-refractivity contribution in [3.8, 4) is 6.07 Å². The summed E-state index contributed by atoms with van der Waals surface area (Å²) in [7, 11) is 0. The lowest BCUT2D eigenvalue weighted by Gasteiger charge is -2.41. The molecule has 4 aliphatic rings. The summed E-state index contributed by atoms with van der Waals surface area (Å²) in [6, 6.07) is -2.55. The molecule has 2 unspecified atom stereocenters. The quantitative estimate of drug-likeness (QED) is 0.356. The van der Waals surface area contributed by atoms with E-state index in [1.807, 2.05) is 33.8 Å². The van der Waals surface area contributed by atoms with Gasteiger partial charge in [0.2, 0.25) is 17.7 Å². The molecule has 2 saturated carbocycles. The molecule has 0 aromatic carbocycles. The summed E-state index contributed by atoms with van der Waals surface area (Å²) in [5.41, 5.74) is -2.14. The first-order valence-corrected chi connectivity index (χ1v) is 12.9. The van der Waals surface area contributed by atoms with Crippen LogP contribution in [0.2, 0.25) is 0 Å². The zero-order valence-corrected chi connectivity index (χ0v) is 22.6. The number of hydrogen-bond acceptors (Lipinski definition) is 6. The molecule has 0 radical (unpaired) electrons. The Balaban J connectivity index is 1.57. The van der Waals surface area contributed by atoms with E-state index in [1.165, 1.54) is 5.32 Å². The van der Waals surface area contributed by atoms with E-state index in [2.05, 4.69) is 15.4 Å². The van der Waals surface area contributed by atoms with Gasteiger partial charge in [0.05, 0.1) is 12.2 Å². The minimum absolute atomic E-state index is 0.00321. The summed E-state index contributed by atoms with van der Waals surface area (Å²) in [6.45, 7) is 4.83. The van der Waals surface area contributed by atoms with Crippen LogP contribution < -0.4 is 16.0 Å². The summed E-state index contributed by atoms with van der Waals surface area (Å²) in [5.74, 6) is -5.27. The van der Waals surface area contributed by atoms with E-state index in [0.29, 0.717) is 12.8 Å². The van der Waals surface area contributed by atoms with E-state index in [9.17, 15) is 46.4 Å². The predicted molar refractivity (Wildman–Crippen MR) is 126 cm³/mol. The van der Waals surface area contributed by atoms with Gasteiger partial charge in [0.1, 0.15) is 18.1 Å². The van der Waals surface area contributed by atoms with Crippen molar-refractivity contribution in [3.05, 3.63) is 0 Å². The topological polar surface area (TPSA) is 141 Å². The number of likely N-dealkylation sites (tertiary alicyclic amines) is 1. The highest BCUT2D eigenvalue weighted by molar-refractivity contribution is 5.96. The van der Waals surface area contributed by atoms with Gasteiger partial charge < -0.3 is 25.6 Å². The van der Waals surface area contributed by atoms with Crippen molar-refractivity contribution in [3.63, 3.8) is 0 Å². The third-order valence-corrected chi connectivity index (χ3v) is 9.49. The van der Waals surface area contributed by atoms with Crippen molar-refractivity contribution in [1.82, 2.24) is 20.9 Å². The second kappa shape index (κ2) is 9.25. The van der Waals surface area contributed by atoms with Crippen LogP contribution in [0.1, 0.15) is 53.9 Å². The van der Waals surface area contributed by atoms with Gasteiger partial charge in [-0.05, 0) is 45.4 Å². The van der Waals surface area contributed by atoms with Crippen LogP contribution in [0.15, 0.2) is 0 Å². The SMILES string of the molecule is C[C@@H](OC(F)F)[C@H](NC(=O)C(F)(F)F)C(=O)N1CC23CC2([C@H]1C(=O)N[C@H](C#N)C[C@@H]1CC(C)(C)NC1=O)C3(C)C. The van der Waals surface area contributed by atoms with Crippen LogP contribution in [0.25, 0.3) is 0 Å². The molecule has 4 rings (SSSR count). The van der Waals surface area contributed by atoms with Gasteiger partial charge in [0.25, 0.3) is 0 Å². The van der Waals surface area contributed by atoms with Gasteiger partial charge in [-0.3, -0.25) is 19.2 Å². The fourth-order valence-corrected chi connectivity index (χ4v) is 7.36. The summed E-state index contributed by atoms with van der Waals surface area (Å²) in [6.07, 6.45) is -6.29. The van der Waals surface area contributed by atoms with Gasteiger partial charge in [-0.1, -0.05) is 13.8 Å². The number of hydrogen-bond donors (Lipinski definition) is 3. The third kappa shape index (κ3) is 4.48. The molecule has 0 aromatic rings. The number of halogens is 5. The van der Waals surface area contributed by atoms with E-state index in [-0.39, 0.29) is 18.9 Å². The van der Waals surface area contributed by atoms with Crippen LogP contribution in [-0.4, -0.2) is 77.6 Å². The molecule has 222 valence electrons. The molecule has 0 aromatic heterocycles. The number of carbonyl (C=O) groups excluding carboxylic acids is 4. The minimum atomic E-state index is -5.41. The average Bonchev–Trinajstić information content (AvgIpc) is 3.46. The molecule has 0 spiro atoms. The Kier molecular flexibility index (Phi) is 6.93. The number of ether oxygens (including phenoxy) is 1. The number of carbonyl (C=O) groups is 4. The van der Waals surface area contributed by atoms with Crippen molar-refractivity contribution in [2.24, 2.45) is 22.2 Å². The number of nitriles is 1. The summed E-state index contributed by atoms with van der Waals surface area (Å²) < 4.78 is 69.1. The monoisotopic (exact) mass is 577 g/mol. The maximum absolute atomic E-state index is 13.6. The summed E-state index contributed by atoms with van der Waals surface area (Å²) in [5, 5.41) is 16.6. The van der Waals surface area contributed by atoms with Gasteiger partial charge in [-0.15, -0.1) is 0 Å². The fourth-order valence-electron chi connectivity index (χ4n) is 7.36. The van der Waals surface area contributed by atoms with Crippen molar-refractivity contribution >= 4 is 23.6 Å². The van der Waals surface area contributed by atoms with Gasteiger partial charge in [-0.25, -0.2) is 0 Å². The van der Waals surface area contributed by atoms with Crippen LogP contribution in [0.5, 0.6) is 0 Å². The molecule has 40 heavy (non-hydrogen) atoms. The van der Waals surface area contributed by atoms with E-state index >= 15 is 0 Å². The lowest BCUT2D eigenvalue weighted by Crippen LogP contribution is -2.63. The normalized spacial score (nSPS) is 33.1. The first kappa shape index (κ1) is 30.0. The molecule has 2 aliphatic heterocycles. The van der Waals surface area contributed by atoms with Gasteiger partial charge in [0, 0.05) is 28.8 Å². The van der Waals surface area contributed by atoms with Gasteiger partial charge >= 0.3 is 18.7 Å². The lowest BCUT2D eigenvalue weighted by atomic mass is 9.80. The van der Waals surface area contributed by atoms with Crippen LogP contribution >= 0.6 is 0 Å². The predicted octanol–water partition coefficient (Wildman–Crippen LogP) is 1.60. The maximum atomic E-state index is 13.6. The van der Waals surface area contributed by atoms with E-state index < -0.39 is 82.4 Å². The second-order valence-electron chi connectivity index (χ2n) is 12.5. The first-order chi connectivity index (χ1) is 18.2. The van der Waals surface area contributed by atoms with E-state index in [4.69, 9.17) is 0 Å². The van der Waals surface area contributed by atoms with E-state index in [1.54, 1.807) is 0 Å². The Labute approximate surface area is 227 Å². The molecule has 2 saturated heterocycles. The highest BCUT2D eigenvalue weighted by Crippen LogP contribution is 3.00. The van der Waals surface area contributed by atoms with Crippen LogP contribution in [0.4, 0.5) is 22.0 Å².